The molecular weight excluding hydrogens is 230 g/mol. The van der Waals surface area contributed by atoms with Gasteiger partial charge in [0.1, 0.15) is 5.15 Å². The average Bonchev–Trinajstić information content (AvgIpc) is 2.24. The van der Waals surface area contributed by atoms with Crippen LogP contribution in [-0.2, 0) is 9.53 Å². The van der Waals surface area contributed by atoms with Crippen LogP contribution in [0.1, 0.15) is 0 Å². The first-order valence-electron chi connectivity index (χ1n) is 4.83. The first-order valence-corrected chi connectivity index (χ1v) is 5.21. The second-order valence-electron chi connectivity index (χ2n) is 3.08. The lowest BCUT2D eigenvalue weighted by Gasteiger charge is -2.06. The summed E-state index contributed by atoms with van der Waals surface area (Å²) in [4.78, 5) is 15.2. The Balaban J connectivity index is 2.29. The van der Waals surface area contributed by atoms with Gasteiger partial charge in [-0.15, -0.1) is 0 Å². The molecule has 0 spiro atoms. The minimum absolute atomic E-state index is 0.127. The topological polar surface area (TPSA) is 63.2 Å². The first kappa shape index (κ1) is 12.9. The van der Waals surface area contributed by atoms with Crippen molar-refractivity contribution in [3.63, 3.8) is 0 Å². The van der Waals surface area contributed by atoms with Gasteiger partial charge in [0.2, 0.25) is 5.91 Å². The van der Waals surface area contributed by atoms with Gasteiger partial charge in [-0.2, -0.15) is 0 Å². The number of ether oxygens (including phenoxy) is 1. The van der Waals surface area contributed by atoms with Crippen LogP contribution in [0.15, 0.2) is 18.3 Å². The number of aromatic nitrogens is 1. The van der Waals surface area contributed by atoms with Gasteiger partial charge in [-0.05, 0) is 12.1 Å². The number of halogens is 1. The van der Waals surface area contributed by atoms with Gasteiger partial charge in [0.05, 0.1) is 13.2 Å². The van der Waals surface area contributed by atoms with Crippen molar-refractivity contribution in [3.05, 3.63) is 23.5 Å². The summed E-state index contributed by atoms with van der Waals surface area (Å²) in [5.41, 5.74) is 0.638. The number of hydrogen-bond donors (Lipinski definition) is 2. The molecule has 1 aromatic rings. The number of methoxy groups -OCH3 is 1. The van der Waals surface area contributed by atoms with E-state index < -0.39 is 0 Å². The van der Waals surface area contributed by atoms with Crippen LogP contribution < -0.4 is 10.6 Å². The molecule has 0 aliphatic carbocycles. The molecule has 16 heavy (non-hydrogen) atoms. The lowest BCUT2D eigenvalue weighted by Crippen LogP contribution is -2.30. The molecular formula is C10H14ClN3O2. The van der Waals surface area contributed by atoms with Gasteiger partial charge in [0, 0.05) is 25.5 Å². The van der Waals surface area contributed by atoms with E-state index in [0.29, 0.717) is 24.0 Å². The number of nitrogens with one attached hydrogen (secondary N) is 2. The highest BCUT2D eigenvalue weighted by atomic mass is 35.5. The van der Waals surface area contributed by atoms with E-state index in [1.807, 2.05) is 0 Å². The van der Waals surface area contributed by atoms with E-state index in [1.54, 1.807) is 19.2 Å². The summed E-state index contributed by atoms with van der Waals surface area (Å²) in [7, 11) is 1.61. The maximum Gasteiger partial charge on any atom is 0.238 e. The third-order valence-electron chi connectivity index (χ3n) is 1.78. The smallest absolute Gasteiger partial charge is 0.238 e. The van der Waals surface area contributed by atoms with E-state index in [1.165, 1.54) is 6.20 Å². The Labute approximate surface area is 99.2 Å². The van der Waals surface area contributed by atoms with Crippen LogP contribution in [0.2, 0.25) is 5.15 Å². The molecule has 0 unspecified atom stereocenters. The minimum atomic E-state index is -0.127. The fourth-order valence-electron chi connectivity index (χ4n) is 1.06. The second-order valence-corrected chi connectivity index (χ2v) is 3.47. The van der Waals surface area contributed by atoms with E-state index >= 15 is 0 Å². The van der Waals surface area contributed by atoms with Crippen molar-refractivity contribution < 1.29 is 9.53 Å². The van der Waals surface area contributed by atoms with Crippen molar-refractivity contribution in [2.75, 3.05) is 32.1 Å². The Morgan fingerprint density at radius 1 is 1.62 bits per heavy atom. The number of nitrogens with zero attached hydrogens (tertiary/aromatic N) is 1. The average molecular weight is 244 g/mol. The highest BCUT2D eigenvalue weighted by Crippen LogP contribution is 2.11. The third kappa shape index (κ3) is 5.06. The molecule has 1 amide bonds. The van der Waals surface area contributed by atoms with Crippen molar-refractivity contribution in [1.29, 1.82) is 0 Å². The largest absolute Gasteiger partial charge is 0.383 e. The van der Waals surface area contributed by atoms with E-state index in [0.717, 1.165) is 0 Å². The maximum absolute atomic E-state index is 11.4. The van der Waals surface area contributed by atoms with Crippen LogP contribution in [0.3, 0.4) is 0 Å². The van der Waals surface area contributed by atoms with Gasteiger partial charge < -0.3 is 15.4 Å². The Morgan fingerprint density at radius 3 is 3.12 bits per heavy atom. The summed E-state index contributed by atoms with van der Waals surface area (Å²) in [5, 5.41) is 5.98. The zero-order valence-electron chi connectivity index (χ0n) is 9.00. The van der Waals surface area contributed by atoms with Crippen LogP contribution in [-0.4, -0.2) is 37.7 Å². The molecule has 0 saturated heterocycles. The van der Waals surface area contributed by atoms with E-state index in [2.05, 4.69) is 15.6 Å². The van der Waals surface area contributed by atoms with E-state index in [4.69, 9.17) is 16.3 Å². The molecule has 2 N–H and O–H groups in total. The van der Waals surface area contributed by atoms with Crippen LogP contribution in [0.5, 0.6) is 0 Å². The standard InChI is InChI=1S/C10H14ClN3O2/c1-16-5-4-12-7-10(15)14-8-2-3-13-9(11)6-8/h2-3,6,12H,4-5,7H2,1H3,(H,13,14,15). The molecule has 1 heterocycles. The van der Waals surface area contributed by atoms with Crippen LogP contribution >= 0.6 is 11.6 Å². The Bertz CT molecular complexity index is 347. The molecule has 0 bridgehead atoms. The van der Waals surface area contributed by atoms with Gasteiger partial charge in [-0.1, -0.05) is 11.6 Å². The van der Waals surface area contributed by atoms with Gasteiger partial charge in [0.25, 0.3) is 0 Å². The van der Waals surface area contributed by atoms with Crippen molar-refractivity contribution in [1.82, 2.24) is 10.3 Å². The fourth-order valence-corrected chi connectivity index (χ4v) is 1.24. The number of hydrogen-bond acceptors (Lipinski definition) is 4. The third-order valence-corrected chi connectivity index (χ3v) is 1.99. The summed E-state index contributed by atoms with van der Waals surface area (Å²) in [5.74, 6) is -0.127. The van der Waals surface area contributed by atoms with E-state index in [-0.39, 0.29) is 12.5 Å². The molecule has 0 atom stereocenters. The van der Waals surface area contributed by atoms with Crippen LogP contribution in [0.4, 0.5) is 5.69 Å². The predicted octanol–water partition coefficient (Wildman–Crippen LogP) is 0.909. The summed E-state index contributed by atoms with van der Waals surface area (Å²) < 4.78 is 4.84. The molecule has 1 aromatic heterocycles. The number of anilines is 1. The summed E-state index contributed by atoms with van der Waals surface area (Å²) in [6.07, 6.45) is 1.54. The van der Waals surface area contributed by atoms with E-state index in [9.17, 15) is 4.79 Å². The molecule has 0 saturated carbocycles. The van der Waals surface area contributed by atoms with Crippen LogP contribution in [0, 0.1) is 0 Å². The van der Waals surface area contributed by atoms with Crippen LogP contribution in [0.25, 0.3) is 0 Å². The second kappa shape index (κ2) is 7.16. The normalized spacial score (nSPS) is 10.1. The monoisotopic (exact) mass is 243 g/mol. The number of amides is 1. The molecule has 0 radical (unpaired) electrons. The minimum Gasteiger partial charge on any atom is -0.383 e. The van der Waals surface area contributed by atoms with Crippen molar-refractivity contribution in [3.8, 4) is 0 Å². The highest BCUT2D eigenvalue weighted by molar-refractivity contribution is 6.29. The summed E-state index contributed by atoms with van der Waals surface area (Å²) in [6, 6.07) is 3.27. The molecule has 0 fully saturated rings. The van der Waals surface area contributed by atoms with Gasteiger partial charge in [-0.25, -0.2) is 4.98 Å². The number of rotatable bonds is 6. The molecule has 1 rings (SSSR count). The number of carbonyl (C=O) groups is 1. The lowest BCUT2D eigenvalue weighted by molar-refractivity contribution is -0.115. The first-order chi connectivity index (χ1) is 7.72. The molecule has 88 valence electrons. The zero-order valence-corrected chi connectivity index (χ0v) is 9.75. The summed E-state index contributed by atoms with van der Waals surface area (Å²) in [6.45, 7) is 1.46. The van der Waals surface area contributed by atoms with Gasteiger partial charge >= 0.3 is 0 Å². The maximum atomic E-state index is 11.4. The predicted molar refractivity (Wildman–Crippen MR) is 62.6 cm³/mol. The fraction of sp³-hybridized carbons (Fsp3) is 0.400. The molecule has 6 heteroatoms. The molecule has 5 nitrogen and oxygen atoms in total. The molecule has 0 aliphatic heterocycles. The van der Waals surface area contributed by atoms with Gasteiger partial charge in [-0.3, -0.25) is 4.79 Å². The Hall–Kier alpha value is -1.17. The zero-order chi connectivity index (χ0) is 11.8. The Kier molecular flexibility index (Phi) is 5.77. The van der Waals surface area contributed by atoms with Gasteiger partial charge in [0.15, 0.2) is 0 Å². The molecule has 0 aromatic carbocycles. The SMILES string of the molecule is COCCNCC(=O)Nc1ccnc(Cl)c1. The Morgan fingerprint density at radius 2 is 2.44 bits per heavy atom. The molecule has 0 aliphatic rings. The highest BCUT2D eigenvalue weighted by Gasteiger charge is 2.01. The lowest BCUT2D eigenvalue weighted by atomic mass is 10.4. The quantitative estimate of drug-likeness (QED) is 0.576. The van der Waals surface area contributed by atoms with Crippen molar-refractivity contribution in [2.24, 2.45) is 0 Å². The van der Waals surface area contributed by atoms with Crippen molar-refractivity contribution >= 4 is 23.2 Å². The number of pyridine rings is 1. The van der Waals surface area contributed by atoms with Crippen molar-refractivity contribution in [2.45, 2.75) is 0 Å². The summed E-state index contributed by atoms with van der Waals surface area (Å²) >= 11 is 5.68. The number of carbonyl (C=O) groups excluding carboxylic acids is 1.